The number of halogens is 2. The van der Waals surface area contributed by atoms with Crippen molar-refractivity contribution in [1.29, 1.82) is 0 Å². The van der Waals surface area contributed by atoms with Crippen LogP contribution in [0.4, 0.5) is 0 Å². The maximum atomic E-state index is 12.9. The molecule has 1 heterocycles. The van der Waals surface area contributed by atoms with Crippen molar-refractivity contribution in [2.75, 3.05) is 19.7 Å². The van der Waals surface area contributed by atoms with E-state index in [0.717, 1.165) is 72.1 Å². The van der Waals surface area contributed by atoms with Gasteiger partial charge in [0.1, 0.15) is 5.75 Å². The van der Waals surface area contributed by atoms with E-state index in [1.165, 1.54) is 0 Å². The number of aliphatic carboxylic acids is 1. The van der Waals surface area contributed by atoms with E-state index in [1.807, 2.05) is 48.8 Å². The lowest BCUT2D eigenvalue weighted by Crippen LogP contribution is -2.33. The molecule has 1 unspecified atom stereocenters. The van der Waals surface area contributed by atoms with Crippen LogP contribution in [0.3, 0.4) is 0 Å². The van der Waals surface area contributed by atoms with Crippen LogP contribution in [0.2, 0.25) is 10.0 Å². The van der Waals surface area contributed by atoms with Crippen LogP contribution >= 0.6 is 23.2 Å². The van der Waals surface area contributed by atoms with Crippen molar-refractivity contribution in [3.63, 3.8) is 0 Å². The number of carboxylic acid groups (broad SMARTS) is 1. The normalized spacial score (nSPS) is 15.4. The number of benzene rings is 2. The number of amides is 1. The van der Waals surface area contributed by atoms with E-state index in [1.54, 1.807) is 4.90 Å². The van der Waals surface area contributed by atoms with Gasteiger partial charge in [0, 0.05) is 59.5 Å². The molecule has 0 radical (unpaired) electrons. The number of carbonyl (C=O) groups excluding carboxylic acids is 1. The Bertz CT molecular complexity index is 1590. The van der Waals surface area contributed by atoms with Gasteiger partial charge in [0.15, 0.2) is 0 Å². The van der Waals surface area contributed by atoms with Crippen LogP contribution in [0.25, 0.3) is 11.1 Å². The molecule has 2 saturated carbocycles. The van der Waals surface area contributed by atoms with E-state index in [4.69, 9.17) is 42.9 Å². The first-order chi connectivity index (χ1) is 24.2. The van der Waals surface area contributed by atoms with Gasteiger partial charge in [-0.25, -0.2) is 0 Å². The van der Waals surface area contributed by atoms with Crippen molar-refractivity contribution in [2.45, 2.75) is 108 Å². The summed E-state index contributed by atoms with van der Waals surface area (Å²) in [4.78, 5) is 30.0. The quantitative estimate of drug-likeness (QED) is 0.0898. The van der Waals surface area contributed by atoms with Crippen molar-refractivity contribution in [2.24, 2.45) is 0 Å². The Morgan fingerprint density at radius 3 is 2.38 bits per heavy atom. The van der Waals surface area contributed by atoms with Gasteiger partial charge in [0.05, 0.1) is 31.0 Å². The first-order valence-electron chi connectivity index (χ1n) is 17.8. The summed E-state index contributed by atoms with van der Waals surface area (Å²) in [6.07, 6.45) is 11.7. The second-order valence-corrected chi connectivity index (χ2v) is 14.3. The number of aliphatic hydroxyl groups excluding tert-OH is 2. The van der Waals surface area contributed by atoms with Crippen LogP contribution in [-0.2, 0) is 33.0 Å². The largest absolute Gasteiger partial charge is 0.490 e. The number of hydrogen-bond donors (Lipinski definition) is 3. The zero-order valence-electron chi connectivity index (χ0n) is 28.5. The van der Waals surface area contributed by atoms with Gasteiger partial charge in [0.2, 0.25) is 5.91 Å². The fourth-order valence-corrected chi connectivity index (χ4v) is 6.73. The summed E-state index contributed by atoms with van der Waals surface area (Å²) in [7, 11) is 0. The van der Waals surface area contributed by atoms with Gasteiger partial charge in [-0.15, -0.1) is 0 Å². The average molecular weight is 728 g/mol. The lowest BCUT2D eigenvalue weighted by Gasteiger charge is -2.23. The highest BCUT2D eigenvalue weighted by molar-refractivity contribution is 6.34. The number of nitrogens with zero attached hydrogens (tertiary/aromatic N) is 2. The van der Waals surface area contributed by atoms with E-state index in [-0.39, 0.29) is 31.5 Å². The number of rotatable bonds is 22. The fourth-order valence-electron chi connectivity index (χ4n) is 6.20. The predicted molar refractivity (Wildman–Crippen MR) is 193 cm³/mol. The summed E-state index contributed by atoms with van der Waals surface area (Å²) in [5.41, 5.74) is 4.44. The van der Waals surface area contributed by atoms with Crippen LogP contribution in [0, 0.1) is 0 Å². The first-order valence-corrected chi connectivity index (χ1v) is 18.5. The summed E-state index contributed by atoms with van der Waals surface area (Å²) in [6.45, 7) is 1.09. The number of aliphatic hydroxyl groups is 2. The molecule has 270 valence electrons. The highest BCUT2D eigenvalue weighted by Gasteiger charge is 2.48. The summed E-state index contributed by atoms with van der Waals surface area (Å²) < 4.78 is 12.8. The number of ether oxygens (including phenoxy) is 2. The van der Waals surface area contributed by atoms with E-state index in [0.29, 0.717) is 61.8 Å². The van der Waals surface area contributed by atoms with Gasteiger partial charge < -0.3 is 29.7 Å². The van der Waals surface area contributed by atoms with E-state index >= 15 is 0 Å². The predicted octanol–water partition coefficient (Wildman–Crippen LogP) is 7.73. The second-order valence-electron chi connectivity index (χ2n) is 13.5. The maximum absolute atomic E-state index is 12.9. The fraction of sp³-hybridized carbons (Fsp3) is 0.513. The average Bonchev–Trinajstić information content (AvgIpc) is 4.05. The van der Waals surface area contributed by atoms with E-state index in [9.17, 15) is 14.7 Å². The number of pyridine rings is 1. The molecule has 0 saturated heterocycles. The van der Waals surface area contributed by atoms with Crippen molar-refractivity contribution in [3.8, 4) is 16.9 Å². The molecule has 0 bridgehead atoms. The third-order valence-corrected chi connectivity index (χ3v) is 10.1. The summed E-state index contributed by atoms with van der Waals surface area (Å²) in [6, 6.07) is 14.0. The topological polar surface area (TPSA) is 129 Å². The summed E-state index contributed by atoms with van der Waals surface area (Å²) in [5, 5.41) is 28.8. The minimum atomic E-state index is -0.916. The standard InChI is InChI=1S/C39H48Cl2N2O7/c40-34-23-28(26-49-39(17-18-39)33-24-42-19-16-31(33)32-10-1-2-11-36(32)50-30-14-15-30)35(41)22-27(34)8-3-5-20-43(21-6-4-9-29(45)25-44)37(46)12-7-13-38(47)48/h1-2,10-11,16,19,22-24,29-30,44-45H,3-9,12-15,17-18,20-21,25-26H2,(H,47,48). The Morgan fingerprint density at radius 2 is 1.66 bits per heavy atom. The molecule has 0 aliphatic heterocycles. The third kappa shape index (κ3) is 10.9. The molecule has 2 aliphatic carbocycles. The number of carboxylic acids is 1. The third-order valence-electron chi connectivity index (χ3n) is 9.41. The molecule has 11 heteroatoms. The van der Waals surface area contributed by atoms with Gasteiger partial charge >= 0.3 is 5.97 Å². The number of para-hydroxylation sites is 1. The molecule has 2 aromatic carbocycles. The van der Waals surface area contributed by atoms with Crippen molar-refractivity contribution in [1.82, 2.24) is 9.88 Å². The molecular formula is C39H48Cl2N2O7. The van der Waals surface area contributed by atoms with Crippen LogP contribution in [-0.4, -0.2) is 69.0 Å². The molecular weight excluding hydrogens is 679 g/mol. The Kier molecular flexibility index (Phi) is 13.9. The van der Waals surface area contributed by atoms with Gasteiger partial charge in [-0.3, -0.25) is 14.6 Å². The molecule has 1 amide bonds. The molecule has 2 aliphatic rings. The number of hydrogen-bond acceptors (Lipinski definition) is 7. The van der Waals surface area contributed by atoms with Crippen LogP contribution in [0.5, 0.6) is 5.75 Å². The molecule has 3 aromatic rings. The zero-order chi connectivity index (χ0) is 35.5. The molecule has 9 nitrogen and oxygen atoms in total. The number of aryl methyl sites for hydroxylation is 1. The Hall–Kier alpha value is -3.21. The SMILES string of the molecule is O=C(O)CCCC(=O)N(CCCCc1cc(Cl)c(COC2(c3cnccc3-c3ccccc3OC3CC3)CC2)cc1Cl)CCCCC(O)CO. The van der Waals surface area contributed by atoms with Crippen molar-refractivity contribution in [3.05, 3.63) is 81.6 Å². The van der Waals surface area contributed by atoms with E-state index < -0.39 is 17.7 Å². The minimum absolute atomic E-state index is 0.0433. The van der Waals surface area contributed by atoms with Gasteiger partial charge in [-0.1, -0.05) is 41.4 Å². The molecule has 1 aromatic heterocycles. The maximum Gasteiger partial charge on any atom is 0.303 e. The van der Waals surface area contributed by atoms with E-state index in [2.05, 4.69) is 11.1 Å². The summed E-state index contributed by atoms with van der Waals surface area (Å²) in [5.74, 6) is -0.100. The van der Waals surface area contributed by atoms with Crippen molar-refractivity contribution < 1.29 is 34.4 Å². The van der Waals surface area contributed by atoms with Gasteiger partial charge in [-0.2, -0.15) is 0 Å². The van der Waals surface area contributed by atoms with Crippen LogP contribution < -0.4 is 4.74 Å². The first kappa shape index (κ1) is 38.0. The molecule has 3 N–H and O–H groups in total. The number of unbranched alkanes of at least 4 members (excludes halogenated alkanes) is 2. The Morgan fingerprint density at radius 1 is 0.940 bits per heavy atom. The minimum Gasteiger partial charge on any atom is -0.490 e. The van der Waals surface area contributed by atoms with Crippen LogP contribution in [0.15, 0.2) is 54.9 Å². The summed E-state index contributed by atoms with van der Waals surface area (Å²) >= 11 is 13.5. The lowest BCUT2D eigenvalue weighted by atomic mass is 9.96. The highest BCUT2D eigenvalue weighted by atomic mass is 35.5. The molecule has 2 fully saturated rings. The molecule has 1 atom stereocenters. The van der Waals surface area contributed by atoms with Gasteiger partial charge in [0.25, 0.3) is 0 Å². The van der Waals surface area contributed by atoms with Crippen LogP contribution in [0.1, 0.15) is 93.7 Å². The Labute approximate surface area is 304 Å². The molecule has 0 spiro atoms. The smallest absolute Gasteiger partial charge is 0.303 e. The zero-order valence-corrected chi connectivity index (χ0v) is 30.0. The monoisotopic (exact) mass is 726 g/mol. The number of aromatic nitrogens is 1. The highest BCUT2D eigenvalue weighted by Crippen LogP contribution is 2.53. The second kappa shape index (κ2) is 18.3. The van der Waals surface area contributed by atoms with Crippen molar-refractivity contribution >= 4 is 35.1 Å². The Balaban J connectivity index is 1.16. The molecule has 50 heavy (non-hydrogen) atoms. The number of carbonyl (C=O) groups is 2. The lowest BCUT2D eigenvalue weighted by molar-refractivity contribution is -0.137. The molecule has 5 rings (SSSR count). The van der Waals surface area contributed by atoms with Gasteiger partial charge in [-0.05, 0) is 112 Å².